The summed E-state index contributed by atoms with van der Waals surface area (Å²) < 4.78 is 41.3. The average molecular weight is 1890 g/mol. The lowest BCUT2D eigenvalue weighted by Crippen LogP contribution is -2.64. The van der Waals surface area contributed by atoms with Crippen molar-refractivity contribution in [1.82, 2.24) is 111 Å². The highest BCUT2D eigenvalue weighted by Gasteiger charge is 2.47. The van der Waals surface area contributed by atoms with E-state index < -0.39 is 263 Å². The van der Waals surface area contributed by atoms with Crippen LogP contribution in [0.25, 0.3) is 0 Å². The third-order valence-corrected chi connectivity index (χ3v) is 21.6. The van der Waals surface area contributed by atoms with Crippen LogP contribution in [0, 0.1) is 5.41 Å². The molecule has 0 bridgehead atoms. The fraction of sp³-hybridized carbons (Fsp3) is 0.724. The molecule has 46 heteroatoms. The van der Waals surface area contributed by atoms with Gasteiger partial charge in [0.15, 0.2) is 0 Å². The number of aromatic nitrogens is 3. The van der Waals surface area contributed by atoms with Gasteiger partial charge in [0.1, 0.15) is 28.7 Å². The van der Waals surface area contributed by atoms with Crippen LogP contribution >= 0.6 is 0 Å². The fourth-order valence-electron chi connectivity index (χ4n) is 14.2. The Morgan fingerprint density at radius 1 is 0.286 bits per heavy atom. The zero-order chi connectivity index (χ0) is 99.9. The van der Waals surface area contributed by atoms with E-state index in [0.717, 1.165) is 0 Å². The number of hydrogen-bond donors (Lipinski definition) is 18. The molecule has 0 saturated heterocycles. The lowest BCUT2D eigenvalue weighted by Gasteiger charge is -2.41. The Kier molecular flexibility index (Phi) is 59.5. The predicted molar refractivity (Wildman–Crippen MR) is 479 cm³/mol. The van der Waals surface area contributed by atoms with Crippen LogP contribution in [0.1, 0.15) is 273 Å². The van der Waals surface area contributed by atoms with E-state index in [4.69, 9.17) is 0 Å². The maximum Gasteiger partial charge on any atom is 0.471 e. The number of ketones is 4. The molecule has 18 amide bonds. The van der Waals surface area contributed by atoms with E-state index in [1.807, 2.05) is 6.92 Å². The Labute approximate surface area is 774 Å². The first-order valence-corrected chi connectivity index (χ1v) is 45.6. The Morgan fingerprint density at radius 3 is 0.932 bits per heavy atom. The third kappa shape index (κ3) is 60.0. The molecule has 0 fully saturated rings. The molecule has 0 aliphatic carbocycles. The Balaban J connectivity index is 5.07. The second kappa shape index (κ2) is 66.4. The van der Waals surface area contributed by atoms with Gasteiger partial charge in [0.05, 0.1) is 5.69 Å². The minimum Gasteiger partial charge on any atom is -0.356 e. The first-order chi connectivity index (χ1) is 62.7. The Hall–Kier alpha value is -11.9. The van der Waals surface area contributed by atoms with E-state index in [-0.39, 0.29) is 205 Å². The fourth-order valence-corrected chi connectivity index (χ4v) is 14.2. The molecule has 0 aliphatic rings. The number of aryl methyl sites for hydroxylation is 2. The number of carbonyl (C=O) groups excluding carboxylic acids is 22. The molecular formula is C87H144F3N21O22. The first-order valence-electron chi connectivity index (χ1n) is 45.6. The highest BCUT2D eigenvalue weighted by atomic mass is 19.4. The number of Topliss-reactive ketones (excluding diaryl/α,β-unsaturated/α-hetero) is 4. The summed E-state index contributed by atoms with van der Waals surface area (Å²) in [5.74, 6) is -14.7. The lowest BCUT2D eigenvalue weighted by atomic mass is 9.70. The maximum absolute atomic E-state index is 17.0. The summed E-state index contributed by atoms with van der Waals surface area (Å²) in [5.41, 5.74) is -7.35. The van der Waals surface area contributed by atoms with Crippen LogP contribution in [0.3, 0.4) is 0 Å². The van der Waals surface area contributed by atoms with Gasteiger partial charge in [-0.3, -0.25) is 101 Å². The monoisotopic (exact) mass is 1890 g/mol. The number of alkyl halides is 3. The van der Waals surface area contributed by atoms with Gasteiger partial charge in [-0.25, -0.2) is 0 Å². The molecule has 1 unspecified atom stereocenters. The van der Waals surface area contributed by atoms with Crippen LogP contribution in [0.2, 0.25) is 0 Å². The second-order valence-electron chi connectivity index (χ2n) is 33.4. The van der Waals surface area contributed by atoms with E-state index in [0.29, 0.717) is 12.2 Å². The van der Waals surface area contributed by atoms with Crippen LogP contribution < -0.4 is 95.7 Å². The van der Waals surface area contributed by atoms with Crippen molar-refractivity contribution in [2.75, 3.05) is 98.2 Å². The zero-order valence-corrected chi connectivity index (χ0v) is 78.7. The predicted octanol–water partition coefficient (Wildman–Crippen LogP) is -0.384. The van der Waals surface area contributed by atoms with Crippen LogP contribution in [-0.2, 0) is 118 Å². The molecule has 0 saturated carbocycles. The van der Waals surface area contributed by atoms with Crippen LogP contribution in [0.4, 0.5) is 13.2 Å². The van der Waals surface area contributed by atoms with Crippen molar-refractivity contribution >= 4 is 129 Å². The smallest absolute Gasteiger partial charge is 0.356 e. The second-order valence-corrected chi connectivity index (χ2v) is 33.4. The molecule has 133 heavy (non-hydrogen) atoms. The SMILES string of the molecule is CCn1cc(CCCCC(=O)NC(CCC(=O)CC(CCC(=O)CCCNC(C)=O)(CCC(=O)NCCCC(C)=O)CCC(=O)NCCCC(C)=O)(CCC(=O)NC(CCC(=O)NCCNC(C)=O)(CCC(=O)NCCNC(C)=O)CCC(=O)NCCNC(=O)C(F)(F)F)C(=O)NC(CCC(=O)NCCNC(C)=O)(CCC(=O)NCCNC(C)=O)CCC(=O)NCCNC(C)=O)nn1. The molecular weight excluding hydrogens is 1750 g/mol. The van der Waals surface area contributed by atoms with E-state index in [2.05, 4.69) is 101 Å². The Morgan fingerprint density at radius 2 is 0.579 bits per heavy atom. The molecule has 0 spiro atoms. The quantitative estimate of drug-likeness (QED) is 0.0370. The minimum absolute atomic E-state index is 0.0467. The van der Waals surface area contributed by atoms with E-state index >= 15 is 19.2 Å². The van der Waals surface area contributed by atoms with Gasteiger partial charge in [-0.2, -0.15) is 13.2 Å². The summed E-state index contributed by atoms with van der Waals surface area (Å²) in [5, 5.41) is 55.4. The third-order valence-electron chi connectivity index (χ3n) is 21.6. The largest absolute Gasteiger partial charge is 0.471 e. The highest BCUT2D eigenvalue weighted by molar-refractivity contribution is 5.94. The van der Waals surface area contributed by atoms with Crippen molar-refractivity contribution in [3.05, 3.63) is 11.9 Å². The van der Waals surface area contributed by atoms with Crippen LogP contribution in [0.5, 0.6) is 0 Å². The first kappa shape index (κ1) is 119. The summed E-state index contributed by atoms with van der Waals surface area (Å²) in [7, 11) is 0. The highest BCUT2D eigenvalue weighted by Crippen LogP contribution is 2.41. The average Bonchev–Trinajstić information content (AvgIpc) is 1.10. The normalized spacial score (nSPS) is 11.7. The van der Waals surface area contributed by atoms with Crippen molar-refractivity contribution in [3.63, 3.8) is 0 Å². The van der Waals surface area contributed by atoms with E-state index in [1.165, 1.54) is 55.4 Å². The number of carbonyl (C=O) groups is 22. The molecule has 18 N–H and O–H groups in total. The molecule has 1 aromatic heterocycles. The summed E-state index contributed by atoms with van der Waals surface area (Å²) in [6.45, 7) is 10.7. The molecule has 1 rings (SSSR count). The van der Waals surface area contributed by atoms with Gasteiger partial charge >= 0.3 is 12.1 Å². The number of unbranched alkanes of at least 4 members (excludes halogenated alkanes) is 1. The van der Waals surface area contributed by atoms with Crippen molar-refractivity contribution in [1.29, 1.82) is 0 Å². The number of nitrogens with one attached hydrogen (secondary N) is 18. The van der Waals surface area contributed by atoms with Gasteiger partial charge in [0, 0.05) is 266 Å². The molecule has 1 heterocycles. The molecule has 0 radical (unpaired) electrons. The van der Waals surface area contributed by atoms with Gasteiger partial charge in [-0.1, -0.05) is 5.21 Å². The summed E-state index contributed by atoms with van der Waals surface area (Å²) >= 11 is 0. The number of nitrogens with zero attached hydrogens (tertiary/aromatic N) is 3. The van der Waals surface area contributed by atoms with Gasteiger partial charge in [0.25, 0.3) is 0 Å². The number of halogens is 3. The van der Waals surface area contributed by atoms with Gasteiger partial charge in [-0.15, -0.1) is 5.10 Å². The number of hydrogen-bond acceptors (Lipinski definition) is 24. The molecule has 0 aliphatic heterocycles. The zero-order valence-electron chi connectivity index (χ0n) is 78.7. The van der Waals surface area contributed by atoms with Crippen molar-refractivity contribution in [3.8, 4) is 0 Å². The molecule has 0 aromatic carbocycles. The molecule has 43 nitrogen and oxygen atoms in total. The summed E-state index contributed by atoms with van der Waals surface area (Å²) in [6, 6.07) is 0. The summed E-state index contributed by atoms with van der Waals surface area (Å²) in [6.07, 6.45) is -13.6. The van der Waals surface area contributed by atoms with E-state index in [9.17, 15) is 99.5 Å². The maximum atomic E-state index is 17.0. The van der Waals surface area contributed by atoms with Crippen LogP contribution in [-0.4, -0.2) is 265 Å². The molecule has 1 atom stereocenters. The molecule has 1 aromatic rings. The lowest BCUT2D eigenvalue weighted by molar-refractivity contribution is -0.173. The van der Waals surface area contributed by atoms with Gasteiger partial charge in [-0.05, 0) is 135 Å². The van der Waals surface area contributed by atoms with Crippen molar-refractivity contribution in [2.45, 2.75) is 304 Å². The van der Waals surface area contributed by atoms with Crippen LogP contribution in [0.15, 0.2) is 6.20 Å². The number of amides is 18. The van der Waals surface area contributed by atoms with Crippen molar-refractivity contribution < 1.29 is 119 Å². The van der Waals surface area contributed by atoms with Crippen molar-refractivity contribution in [2.24, 2.45) is 5.41 Å². The van der Waals surface area contributed by atoms with Gasteiger partial charge < -0.3 is 105 Å². The topological polar surface area (TPSA) is 623 Å². The summed E-state index contributed by atoms with van der Waals surface area (Å²) in [4.78, 5) is 297. The van der Waals surface area contributed by atoms with E-state index in [1.54, 1.807) is 16.2 Å². The number of rotatable bonds is 75. The van der Waals surface area contributed by atoms with Gasteiger partial charge in [0.2, 0.25) is 100 Å². The molecule has 750 valence electrons. The minimum atomic E-state index is -5.29. The standard InChI is InChI=1S/C87H144F3N21O22/c1-10-111-59-68(109-110-111)18-11-12-20-79(130)107-86(81(132)108-85(38-28-76(127)101-53-48-94-65(7)117,39-29-77(128)102-54-49-95-66(8)118)40-30-78(129)103-55-50-96-67(9)119,41-22-70(121)58-83(32-21-69(120)19-15-43-91-62(4)114,33-23-71(122)97-44-13-16-60(2)112)34-24-72(123)98-45-14-17-61(3)113)42-31-80(131)106-84(35-25-73(124)99-51-46-92-63(5)115,36-26-74(125)100-52-47-93-64(6)116)37-27-75(126)104-56-57-105-82(133)87(88,89)90/h59H,10-58H2,1-9H3,(H,91,114)(H,92,115)(H,93,116)(H,94,117)(H,95,118)(H,96,119)(H,97,122)(H,98,123)(H,99,124)(H,100,125)(H,101,127)(H,102,128)(H,103,129)(H,104,126)(H,105,133)(H,106,131)(H,107,130)(H,108,132). The Bertz CT molecular complexity index is 3780.